The van der Waals surface area contributed by atoms with Crippen LogP contribution in [0.4, 0.5) is 5.00 Å². The highest BCUT2D eigenvalue weighted by Crippen LogP contribution is 2.36. The van der Waals surface area contributed by atoms with E-state index in [1.54, 1.807) is 11.3 Å². The third kappa shape index (κ3) is 1.99. The molecule has 1 fully saturated rings. The standard InChI is InChI=1S/C11H13ClN4S/c1-7-8-6-9(12)14-15-10(8)17-11(7)16-4-2-13-3-5-16/h6,13H,2-5H2,1H3. The van der Waals surface area contributed by atoms with Crippen LogP contribution in [-0.4, -0.2) is 36.4 Å². The van der Waals surface area contributed by atoms with E-state index in [0.717, 1.165) is 36.4 Å². The van der Waals surface area contributed by atoms with E-state index in [1.807, 2.05) is 6.07 Å². The highest BCUT2D eigenvalue weighted by atomic mass is 35.5. The van der Waals surface area contributed by atoms with Gasteiger partial charge in [0, 0.05) is 31.6 Å². The van der Waals surface area contributed by atoms with Crippen molar-refractivity contribution in [1.82, 2.24) is 15.5 Å². The van der Waals surface area contributed by atoms with Crippen LogP contribution in [0.3, 0.4) is 0 Å². The zero-order valence-electron chi connectivity index (χ0n) is 9.53. The van der Waals surface area contributed by atoms with Gasteiger partial charge < -0.3 is 10.2 Å². The van der Waals surface area contributed by atoms with Crippen LogP contribution in [0, 0.1) is 6.92 Å². The van der Waals surface area contributed by atoms with Crippen LogP contribution in [0.2, 0.25) is 5.15 Å². The molecule has 1 aliphatic heterocycles. The molecule has 2 aromatic heterocycles. The van der Waals surface area contributed by atoms with E-state index >= 15 is 0 Å². The molecule has 3 heterocycles. The van der Waals surface area contributed by atoms with Gasteiger partial charge >= 0.3 is 0 Å². The first-order valence-corrected chi connectivity index (χ1v) is 6.83. The summed E-state index contributed by atoms with van der Waals surface area (Å²) in [4.78, 5) is 3.38. The van der Waals surface area contributed by atoms with Crippen molar-refractivity contribution in [3.05, 3.63) is 16.8 Å². The number of nitrogens with zero attached hydrogens (tertiary/aromatic N) is 3. The van der Waals surface area contributed by atoms with Crippen molar-refractivity contribution in [2.75, 3.05) is 31.1 Å². The number of nitrogens with one attached hydrogen (secondary N) is 1. The summed E-state index contributed by atoms with van der Waals surface area (Å²) >= 11 is 7.60. The largest absolute Gasteiger partial charge is 0.361 e. The van der Waals surface area contributed by atoms with Gasteiger partial charge in [-0.05, 0) is 18.6 Å². The van der Waals surface area contributed by atoms with E-state index in [1.165, 1.54) is 10.6 Å². The maximum atomic E-state index is 5.89. The van der Waals surface area contributed by atoms with Gasteiger partial charge in [-0.3, -0.25) is 0 Å². The Kier molecular flexibility index (Phi) is 2.90. The first-order valence-electron chi connectivity index (χ1n) is 5.63. The lowest BCUT2D eigenvalue weighted by atomic mass is 10.2. The van der Waals surface area contributed by atoms with Crippen LogP contribution >= 0.6 is 22.9 Å². The summed E-state index contributed by atoms with van der Waals surface area (Å²) in [5.41, 5.74) is 1.27. The predicted octanol–water partition coefficient (Wildman–Crippen LogP) is 2.06. The Bertz CT molecular complexity index is 548. The number of aryl methyl sites for hydroxylation is 1. The van der Waals surface area contributed by atoms with Crippen molar-refractivity contribution in [2.45, 2.75) is 6.92 Å². The van der Waals surface area contributed by atoms with Gasteiger partial charge in [0.1, 0.15) is 4.83 Å². The molecular formula is C11H13ClN4S. The Hall–Kier alpha value is -0.910. The Morgan fingerprint density at radius 3 is 2.88 bits per heavy atom. The number of hydrogen-bond acceptors (Lipinski definition) is 5. The minimum absolute atomic E-state index is 0.463. The fourth-order valence-corrected chi connectivity index (χ4v) is 3.46. The number of hydrogen-bond donors (Lipinski definition) is 1. The number of rotatable bonds is 1. The van der Waals surface area contributed by atoms with Crippen LogP contribution in [-0.2, 0) is 0 Å². The molecule has 1 aliphatic rings. The number of thiophene rings is 1. The van der Waals surface area contributed by atoms with Crippen LogP contribution in [0.5, 0.6) is 0 Å². The van der Waals surface area contributed by atoms with Crippen LogP contribution < -0.4 is 10.2 Å². The smallest absolute Gasteiger partial charge is 0.152 e. The van der Waals surface area contributed by atoms with Crippen LogP contribution in [0.15, 0.2) is 6.07 Å². The van der Waals surface area contributed by atoms with Gasteiger partial charge in [-0.15, -0.1) is 10.2 Å². The Morgan fingerprint density at radius 1 is 1.35 bits per heavy atom. The highest BCUT2D eigenvalue weighted by molar-refractivity contribution is 7.22. The van der Waals surface area contributed by atoms with E-state index in [2.05, 4.69) is 27.3 Å². The Morgan fingerprint density at radius 2 is 2.12 bits per heavy atom. The summed E-state index contributed by atoms with van der Waals surface area (Å²) in [5, 5.41) is 14.3. The molecule has 6 heteroatoms. The summed E-state index contributed by atoms with van der Waals surface area (Å²) in [6, 6.07) is 1.90. The Labute approximate surface area is 109 Å². The number of fused-ring (bicyclic) bond motifs is 1. The molecule has 2 aromatic rings. The van der Waals surface area contributed by atoms with Crippen LogP contribution in [0.25, 0.3) is 10.2 Å². The summed E-state index contributed by atoms with van der Waals surface area (Å²) < 4.78 is 0. The first-order chi connectivity index (χ1) is 8.25. The normalized spacial score (nSPS) is 16.7. The molecule has 4 nitrogen and oxygen atoms in total. The van der Waals surface area contributed by atoms with Gasteiger partial charge in [-0.1, -0.05) is 22.9 Å². The number of halogens is 1. The molecule has 0 radical (unpaired) electrons. The molecule has 3 rings (SSSR count). The van der Waals surface area contributed by atoms with Crippen molar-refractivity contribution in [3.8, 4) is 0 Å². The first kappa shape index (κ1) is 11.2. The van der Waals surface area contributed by atoms with Gasteiger partial charge in [0.15, 0.2) is 5.15 Å². The van der Waals surface area contributed by atoms with E-state index in [9.17, 15) is 0 Å². The predicted molar refractivity (Wildman–Crippen MR) is 72.2 cm³/mol. The lowest BCUT2D eigenvalue weighted by Crippen LogP contribution is -2.43. The summed E-state index contributed by atoms with van der Waals surface area (Å²) in [6.07, 6.45) is 0. The molecule has 1 saturated heterocycles. The third-order valence-electron chi connectivity index (χ3n) is 3.05. The molecule has 0 unspecified atom stereocenters. The molecule has 1 N–H and O–H groups in total. The van der Waals surface area contributed by atoms with E-state index in [-0.39, 0.29) is 0 Å². The highest BCUT2D eigenvalue weighted by Gasteiger charge is 2.18. The fourth-order valence-electron chi connectivity index (χ4n) is 2.15. The van der Waals surface area contributed by atoms with Gasteiger partial charge in [0.25, 0.3) is 0 Å². The molecule has 0 amide bonds. The van der Waals surface area contributed by atoms with Crippen molar-refractivity contribution in [1.29, 1.82) is 0 Å². The molecule has 0 aliphatic carbocycles. The molecule has 0 aromatic carbocycles. The maximum Gasteiger partial charge on any atom is 0.152 e. The topological polar surface area (TPSA) is 41.0 Å². The summed E-state index contributed by atoms with van der Waals surface area (Å²) in [7, 11) is 0. The van der Waals surface area contributed by atoms with Gasteiger partial charge in [-0.25, -0.2) is 0 Å². The molecule has 0 spiro atoms. The average molecular weight is 269 g/mol. The summed E-state index contributed by atoms with van der Waals surface area (Å²) in [6.45, 7) is 6.32. The quantitative estimate of drug-likeness (QED) is 0.860. The van der Waals surface area contributed by atoms with Crippen molar-refractivity contribution < 1.29 is 0 Å². The van der Waals surface area contributed by atoms with Gasteiger partial charge in [0.2, 0.25) is 0 Å². The number of aromatic nitrogens is 2. The zero-order chi connectivity index (χ0) is 11.8. The average Bonchev–Trinajstić information content (AvgIpc) is 2.68. The minimum Gasteiger partial charge on any atom is -0.361 e. The fraction of sp³-hybridized carbons (Fsp3) is 0.455. The number of anilines is 1. The maximum absolute atomic E-state index is 5.89. The second kappa shape index (κ2) is 4.40. The molecular weight excluding hydrogens is 256 g/mol. The Balaban J connectivity index is 2.07. The van der Waals surface area contributed by atoms with Gasteiger partial charge in [0.05, 0.1) is 5.00 Å². The van der Waals surface area contributed by atoms with Crippen LogP contribution in [0.1, 0.15) is 5.56 Å². The second-order valence-electron chi connectivity index (χ2n) is 4.16. The summed E-state index contributed by atoms with van der Waals surface area (Å²) in [5.74, 6) is 0. The number of piperazine rings is 1. The second-order valence-corrected chi connectivity index (χ2v) is 5.52. The van der Waals surface area contributed by atoms with Gasteiger partial charge in [-0.2, -0.15) is 0 Å². The lowest BCUT2D eigenvalue weighted by Gasteiger charge is -2.28. The molecule has 90 valence electrons. The zero-order valence-corrected chi connectivity index (χ0v) is 11.1. The monoisotopic (exact) mass is 268 g/mol. The van der Waals surface area contributed by atoms with E-state index in [0.29, 0.717) is 5.15 Å². The SMILES string of the molecule is Cc1c(N2CCNCC2)sc2nnc(Cl)cc12. The molecule has 17 heavy (non-hydrogen) atoms. The van der Waals surface area contributed by atoms with Crippen molar-refractivity contribution >= 4 is 38.2 Å². The van der Waals surface area contributed by atoms with E-state index in [4.69, 9.17) is 11.6 Å². The minimum atomic E-state index is 0.463. The molecule has 0 bridgehead atoms. The van der Waals surface area contributed by atoms with Crippen molar-refractivity contribution in [3.63, 3.8) is 0 Å². The lowest BCUT2D eigenvalue weighted by molar-refractivity contribution is 0.591. The molecule has 0 saturated carbocycles. The van der Waals surface area contributed by atoms with E-state index < -0.39 is 0 Å². The molecule has 0 atom stereocenters. The van der Waals surface area contributed by atoms with Crippen molar-refractivity contribution in [2.24, 2.45) is 0 Å². The third-order valence-corrected chi connectivity index (χ3v) is 4.49.